The van der Waals surface area contributed by atoms with Gasteiger partial charge in [-0.2, -0.15) is 5.10 Å². The first-order valence-electron chi connectivity index (χ1n) is 5.86. The van der Waals surface area contributed by atoms with E-state index in [4.69, 9.17) is 34.3 Å². The Morgan fingerprint density at radius 3 is 2.68 bits per heavy atom. The average molecular weight is 296 g/mol. The first kappa shape index (κ1) is 13.8. The lowest BCUT2D eigenvalue weighted by molar-refractivity contribution is 0.298. The number of nitrogens with zero attached hydrogens (tertiary/aromatic N) is 2. The molecule has 1 heterocycles. The quantitative estimate of drug-likeness (QED) is 0.657. The molecule has 0 amide bonds. The Morgan fingerprint density at radius 1 is 1.37 bits per heavy atom. The molecule has 0 bridgehead atoms. The van der Waals surface area contributed by atoms with E-state index in [1.165, 1.54) is 0 Å². The molecule has 0 aliphatic carbocycles. The molecule has 0 unspecified atom stereocenters. The molecule has 0 atom stereocenters. The second-order valence-corrected chi connectivity index (χ2v) is 4.89. The number of hydrogen-bond donors (Lipinski definition) is 1. The molecule has 100 valence electrons. The number of benzene rings is 1. The van der Waals surface area contributed by atoms with Gasteiger partial charge in [0.15, 0.2) is 0 Å². The Balaban J connectivity index is 1.75. The number of aryl methyl sites for hydroxylation is 1. The Hall–Kier alpha value is -1.59. The lowest BCUT2D eigenvalue weighted by atomic mass is 10.2. The maximum atomic E-state index is 5.77. The van der Waals surface area contributed by atoms with Crippen molar-refractivity contribution in [2.24, 2.45) is 5.73 Å². The minimum absolute atomic E-state index is 0.391. The molecular weight excluding hydrogens is 282 g/mol. The van der Waals surface area contributed by atoms with Gasteiger partial charge in [0.25, 0.3) is 0 Å². The third-order valence-corrected chi connectivity index (χ3v) is 2.97. The van der Waals surface area contributed by atoms with E-state index in [1.807, 2.05) is 24.3 Å². The summed E-state index contributed by atoms with van der Waals surface area (Å²) in [5.74, 6) is 0.804. The normalized spacial score (nSPS) is 10.4. The van der Waals surface area contributed by atoms with E-state index in [1.54, 1.807) is 17.1 Å². The summed E-state index contributed by atoms with van der Waals surface area (Å²) in [5.41, 5.74) is 6.36. The van der Waals surface area contributed by atoms with Crippen molar-refractivity contribution in [3.63, 3.8) is 0 Å². The van der Waals surface area contributed by atoms with Gasteiger partial charge in [-0.05, 0) is 24.3 Å². The molecule has 0 aliphatic heterocycles. The summed E-state index contributed by atoms with van der Waals surface area (Å²) in [5, 5.41) is 4.74. The number of hydrogen-bond acceptors (Lipinski definition) is 3. The minimum Gasteiger partial charge on any atom is -0.494 e. The van der Waals surface area contributed by atoms with Crippen LogP contribution in [0, 0.1) is 0 Å². The predicted molar refractivity (Wildman–Crippen MR) is 79.7 cm³/mol. The number of halogens is 1. The van der Waals surface area contributed by atoms with Crippen LogP contribution in [0.4, 0.5) is 0 Å². The van der Waals surface area contributed by atoms with Crippen molar-refractivity contribution in [3.05, 3.63) is 47.2 Å². The van der Waals surface area contributed by atoms with Crippen LogP contribution in [0.15, 0.2) is 36.7 Å². The highest BCUT2D eigenvalue weighted by Gasteiger charge is 1.99. The van der Waals surface area contributed by atoms with Crippen LogP contribution in [0.25, 0.3) is 0 Å². The van der Waals surface area contributed by atoms with Crippen molar-refractivity contribution >= 4 is 28.8 Å². The SMILES string of the molecule is NC(=S)c1ccc(OCCCn2cc(Cl)cn2)cc1. The van der Waals surface area contributed by atoms with E-state index in [2.05, 4.69) is 5.10 Å². The summed E-state index contributed by atoms with van der Waals surface area (Å²) in [7, 11) is 0. The Bertz CT molecular complexity index is 553. The molecule has 0 radical (unpaired) electrons. The summed E-state index contributed by atoms with van der Waals surface area (Å²) in [6.45, 7) is 1.39. The zero-order valence-corrected chi connectivity index (χ0v) is 11.8. The molecule has 6 heteroatoms. The molecular formula is C13H14ClN3OS. The number of rotatable bonds is 6. The lowest BCUT2D eigenvalue weighted by Gasteiger charge is -2.07. The summed E-state index contributed by atoms with van der Waals surface area (Å²) < 4.78 is 7.40. The zero-order valence-electron chi connectivity index (χ0n) is 10.3. The van der Waals surface area contributed by atoms with E-state index < -0.39 is 0 Å². The van der Waals surface area contributed by atoms with Crippen molar-refractivity contribution in [2.45, 2.75) is 13.0 Å². The summed E-state index contributed by atoms with van der Waals surface area (Å²) >= 11 is 10.7. The second kappa shape index (κ2) is 6.54. The zero-order chi connectivity index (χ0) is 13.7. The number of ether oxygens (including phenoxy) is 1. The Labute approximate surface area is 122 Å². The van der Waals surface area contributed by atoms with Crippen LogP contribution >= 0.6 is 23.8 Å². The maximum absolute atomic E-state index is 5.77. The molecule has 0 aliphatic rings. The fraction of sp³-hybridized carbons (Fsp3) is 0.231. The van der Waals surface area contributed by atoms with Crippen LogP contribution in [0.2, 0.25) is 5.02 Å². The van der Waals surface area contributed by atoms with Crippen LogP contribution < -0.4 is 10.5 Å². The summed E-state index contributed by atoms with van der Waals surface area (Å²) in [6.07, 6.45) is 4.27. The largest absolute Gasteiger partial charge is 0.494 e. The number of nitrogens with two attached hydrogens (primary N) is 1. The van der Waals surface area contributed by atoms with Crippen molar-refractivity contribution in [1.29, 1.82) is 0 Å². The first-order valence-corrected chi connectivity index (χ1v) is 6.64. The van der Waals surface area contributed by atoms with Gasteiger partial charge in [-0.25, -0.2) is 0 Å². The van der Waals surface area contributed by atoms with Crippen molar-refractivity contribution in [3.8, 4) is 5.75 Å². The molecule has 2 N–H and O–H groups in total. The molecule has 0 spiro atoms. The molecule has 2 aromatic rings. The number of thiocarbonyl (C=S) groups is 1. The monoisotopic (exact) mass is 295 g/mol. The molecule has 0 saturated heterocycles. The van der Waals surface area contributed by atoms with E-state index in [0.717, 1.165) is 24.3 Å². The standard InChI is InChI=1S/C13H14ClN3OS/c14-11-8-16-17(9-11)6-1-7-18-12-4-2-10(3-5-12)13(15)19/h2-5,8-9H,1,6-7H2,(H2,15,19). The molecule has 1 aromatic carbocycles. The van der Waals surface area contributed by atoms with Gasteiger partial charge in [0.2, 0.25) is 0 Å². The molecule has 2 rings (SSSR count). The fourth-order valence-electron chi connectivity index (χ4n) is 1.59. The van der Waals surface area contributed by atoms with Gasteiger partial charge >= 0.3 is 0 Å². The molecule has 19 heavy (non-hydrogen) atoms. The third kappa shape index (κ3) is 4.22. The van der Waals surface area contributed by atoms with Gasteiger partial charge in [0.05, 0.1) is 17.8 Å². The maximum Gasteiger partial charge on any atom is 0.119 e. The Kier molecular flexibility index (Phi) is 4.76. The van der Waals surface area contributed by atoms with Crippen LogP contribution in [0.5, 0.6) is 5.75 Å². The van der Waals surface area contributed by atoms with Gasteiger partial charge in [0.1, 0.15) is 10.7 Å². The van der Waals surface area contributed by atoms with Crippen LogP contribution in [0.3, 0.4) is 0 Å². The lowest BCUT2D eigenvalue weighted by Crippen LogP contribution is -2.09. The second-order valence-electron chi connectivity index (χ2n) is 4.01. The van der Waals surface area contributed by atoms with Crippen LogP contribution in [-0.2, 0) is 6.54 Å². The highest BCUT2D eigenvalue weighted by molar-refractivity contribution is 7.80. The highest BCUT2D eigenvalue weighted by Crippen LogP contribution is 2.12. The molecule has 0 fully saturated rings. The Morgan fingerprint density at radius 2 is 2.11 bits per heavy atom. The van der Waals surface area contributed by atoms with Gasteiger partial charge in [-0.3, -0.25) is 4.68 Å². The summed E-state index contributed by atoms with van der Waals surface area (Å²) in [6, 6.07) is 7.43. The van der Waals surface area contributed by atoms with E-state index >= 15 is 0 Å². The average Bonchev–Trinajstić information content (AvgIpc) is 2.81. The summed E-state index contributed by atoms with van der Waals surface area (Å²) in [4.78, 5) is 0.391. The van der Waals surface area contributed by atoms with Gasteiger partial charge < -0.3 is 10.5 Å². The molecule has 4 nitrogen and oxygen atoms in total. The van der Waals surface area contributed by atoms with Gasteiger partial charge in [-0.15, -0.1) is 0 Å². The van der Waals surface area contributed by atoms with Crippen LogP contribution in [-0.4, -0.2) is 21.4 Å². The van der Waals surface area contributed by atoms with Crippen molar-refractivity contribution in [1.82, 2.24) is 9.78 Å². The predicted octanol–water partition coefficient (Wildman–Crippen LogP) is 2.64. The third-order valence-electron chi connectivity index (χ3n) is 2.54. The first-order chi connectivity index (χ1) is 9.15. The smallest absolute Gasteiger partial charge is 0.119 e. The fourth-order valence-corrected chi connectivity index (χ4v) is 1.88. The highest BCUT2D eigenvalue weighted by atomic mass is 35.5. The van der Waals surface area contributed by atoms with Crippen molar-refractivity contribution < 1.29 is 4.74 Å². The van der Waals surface area contributed by atoms with Crippen LogP contribution in [0.1, 0.15) is 12.0 Å². The van der Waals surface area contributed by atoms with Crippen molar-refractivity contribution in [2.75, 3.05) is 6.61 Å². The van der Waals surface area contributed by atoms with Gasteiger partial charge in [0, 0.05) is 24.7 Å². The number of aromatic nitrogens is 2. The molecule has 0 saturated carbocycles. The van der Waals surface area contributed by atoms with Gasteiger partial charge in [-0.1, -0.05) is 23.8 Å². The molecule has 1 aromatic heterocycles. The van der Waals surface area contributed by atoms with E-state index in [-0.39, 0.29) is 0 Å². The minimum atomic E-state index is 0.391. The van der Waals surface area contributed by atoms with E-state index in [9.17, 15) is 0 Å². The topological polar surface area (TPSA) is 53.1 Å². The van der Waals surface area contributed by atoms with E-state index in [0.29, 0.717) is 16.6 Å².